The summed E-state index contributed by atoms with van der Waals surface area (Å²) in [6, 6.07) is -0.106. The highest BCUT2D eigenvalue weighted by Gasteiger charge is 2.23. The molecule has 0 radical (unpaired) electrons. The van der Waals surface area contributed by atoms with E-state index in [9.17, 15) is 4.79 Å². The summed E-state index contributed by atoms with van der Waals surface area (Å²) in [5.41, 5.74) is 0. The Bertz CT molecular complexity index is 248. The van der Waals surface area contributed by atoms with Crippen LogP contribution in [0.4, 0.5) is 0 Å². The Labute approximate surface area is 123 Å². The number of rotatable bonds is 13. The second-order valence-electron chi connectivity index (χ2n) is 4.92. The first kappa shape index (κ1) is 19.1. The molecule has 0 saturated heterocycles. The normalized spacial score (nSPS) is 12.4. The molecule has 0 aliphatic rings. The van der Waals surface area contributed by atoms with Crippen LogP contribution in [0.15, 0.2) is 12.7 Å². The molecule has 1 unspecified atom stereocenters. The molecule has 4 nitrogen and oxygen atoms in total. The molecule has 0 aromatic rings. The van der Waals surface area contributed by atoms with Crippen molar-refractivity contribution in [2.75, 3.05) is 13.2 Å². The largest absolute Gasteiger partial charge is 0.351 e. The van der Waals surface area contributed by atoms with Gasteiger partial charge in [-0.25, -0.2) is 0 Å². The summed E-state index contributed by atoms with van der Waals surface area (Å²) in [5, 5.41) is 2.94. The fraction of sp³-hybridized carbons (Fsp3) is 0.812. The number of amides is 1. The van der Waals surface area contributed by atoms with Gasteiger partial charge in [-0.15, -0.1) is 0 Å². The molecule has 1 atom stereocenters. The third-order valence-corrected chi connectivity index (χ3v) is 2.93. The van der Waals surface area contributed by atoms with Crippen molar-refractivity contribution in [2.45, 2.75) is 71.6 Å². The Balaban J connectivity index is 4.57. The van der Waals surface area contributed by atoms with Gasteiger partial charge >= 0.3 is 0 Å². The predicted molar refractivity (Wildman–Crippen MR) is 82.5 cm³/mol. The Morgan fingerprint density at radius 3 is 2.15 bits per heavy atom. The van der Waals surface area contributed by atoms with Crippen LogP contribution in [0.25, 0.3) is 0 Å². The molecule has 0 spiro atoms. The lowest BCUT2D eigenvalue weighted by molar-refractivity contribution is -0.163. The number of hydrogen-bond acceptors (Lipinski definition) is 3. The maximum absolute atomic E-state index is 11.6. The van der Waals surface area contributed by atoms with Crippen LogP contribution in [0.3, 0.4) is 0 Å². The van der Waals surface area contributed by atoms with E-state index in [-0.39, 0.29) is 18.2 Å². The number of nitrogens with one attached hydrogen (secondary N) is 1. The molecule has 0 heterocycles. The van der Waals surface area contributed by atoms with E-state index in [1.807, 2.05) is 0 Å². The van der Waals surface area contributed by atoms with Crippen molar-refractivity contribution in [3.8, 4) is 0 Å². The van der Waals surface area contributed by atoms with Gasteiger partial charge in [-0.3, -0.25) is 4.79 Å². The van der Waals surface area contributed by atoms with Crippen LogP contribution < -0.4 is 5.32 Å². The lowest BCUT2D eigenvalue weighted by Gasteiger charge is -2.28. The van der Waals surface area contributed by atoms with Crippen molar-refractivity contribution < 1.29 is 14.3 Å². The summed E-state index contributed by atoms with van der Waals surface area (Å²) in [5.74, 6) is -0.170. The fourth-order valence-corrected chi connectivity index (χ4v) is 1.88. The van der Waals surface area contributed by atoms with Crippen LogP contribution in [-0.2, 0) is 14.3 Å². The number of unbranched alkanes of at least 4 members (excludes halogenated alkanes) is 2. The van der Waals surface area contributed by atoms with Gasteiger partial charge in [0.05, 0.1) is 6.04 Å². The van der Waals surface area contributed by atoms with Gasteiger partial charge < -0.3 is 14.8 Å². The van der Waals surface area contributed by atoms with Crippen molar-refractivity contribution in [3.05, 3.63) is 12.7 Å². The second-order valence-corrected chi connectivity index (χ2v) is 4.92. The maximum Gasteiger partial charge on any atom is 0.243 e. The van der Waals surface area contributed by atoms with Gasteiger partial charge in [0.1, 0.15) is 0 Å². The minimum atomic E-state index is -0.365. The molecule has 1 amide bonds. The van der Waals surface area contributed by atoms with Crippen LogP contribution in [0.5, 0.6) is 0 Å². The number of carbonyl (C=O) groups is 1. The molecule has 0 aromatic heterocycles. The van der Waals surface area contributed by atoms with Crippen LogP contribution in [-0.4, -0.2) is 31.5 Å². The second kappa shape index (κ2) is 13.1. The third kappa shape index (κ3) is 9.10. The number of carbonyl (C=O) groups excluding carboxylic acids is 1. The Kier molecular flexibility index (Phi) is 12.6. The standard InChI is InChI=1S/C16H31NO3/c1-5-9-10-11-14(17-15(18)8-4)16(19-12-6-2)20-13-7-3/h8,14,16H,4-7,9-13H2,1-3H3,(H,17,18). The van der Waals surface area contributed by atoms with E-state index in [1.54, 1.807) is 0 Å². The zero-order valence-corrected chi connectivity index (χ0v) is 13.3. The summed E-state index contributed by atoms with van der Waals surface area (Å²) in [6.45, 7) is 11.1. The Morgan fingerprint density at radius 1 is 1.10 bits per heavy atom. The molecule has 4 heteroatoms. The quantitative estimate of drug-likeness (QED) is 0.320. The lowest BCUT2D eigenvalue weighted by atomic mass is 10.1. The van der Waals surface area contributed by atoms with Crippen molar-refractivity contribution in [1.82, 2.24) is 5.32 Å². The number of hydrogen-bond donors (Lipinski definition) is 1. The molecule has 0 rings (SSSR count). The van der Waals surface area contributed by atoms with Gasteiger partial charge in [0, 0.05) is 13.2 Å². The third-order valence-electron chi connectivity index (χ3n) is 2.93. The fourth-order valence-electron chi connectivity index (χ4n) is 1.88. The Morgan fingerprint density at radius 2 is 1.70 bits per heavy atom. The molecular formula is C16H31NO3. The molecule has 1 N–H and O–H groups in total. The average molecular weight is 285 g/mol. The average Bonchev–Trinajstić information content (AvgIpc) is 2.46. The summed E-state index contributed by atoms with van der Waals surface area (Å²) < 4.78 is 11.5. The van der Waals surface area contributed by atoms with Gasteiger partial charge in [0.2, 0.25) is 5.91 Å². The Hall–Kier alpha value is -0.870. The van der Waals surface area contributed by atoms with E-state index in [4.69, 9.17) is 9.47 Å². The van der Waals surface area contributed by atoms with Gasteiger partial charge in [-0.05, 0) is 25.3 Å². The summed E-state index contributed by atoms with van der Waals surface area (Å²) >= 11 is 0. The molecular weight excluding hydrogens is 254 g/mol. The minimum Gasteiger partial charge on any atom is -0.351 e. The first-order chi connectivity index (χ1) is 9.69. The van der Waals surface area contributed by atoms with E-state index in [2.05, 4.69) is 32.7 Å². The first-order valence-corrected chi connectivity index (χ1v) is 7.85. The van der Waals surface area contributed by atoms with Crippen molar-refractivity contribution in [1.29, 1.82) is 0 Å². The molecule has 118 valence electrons. The SMILES string of the molecule is C=CC(=O)NC(CCCCC)C(OCCC)OCCC. The highest BCUT2D eigenvalue weighted by Crippen LogP contribution is 2.12. The first-order valence-electron chi connectivity index (χ1n) is 7.85. The molecule has 20 heavy (non-hydrogen) atoms. The molecule has 0 aliphatic carbocycles. The summed E-state index contributed by atoms with van der Waals surface area (Å²) in [4.78, 5) is 11.6. The van der Waals surface area contributed by atoms with Gasteiger partial charge in [0.15, 0.2) is 6.29 Å². The van der Waals surface area contributed by atoms with Crippen LogP contribution in [0, 0.1) is 0 Å². The smallest absolute Gasteiger partial charge is 0.243 e. The van der Waals surface area contributed by atoms with Crippen LogP contribution in [0.1, 0.15) is 59.3 Å². The van der Waals surface area contributed by atoms with Crippen molar-refractivity contribution in [2.24, 2.45) is 0 Å². The molecule has 0 saturated carbocycles. The van der Waals surface area contributed by atoms with E-state index < -0.39 is 0 Å². The van der Waals surface area contributed by atoms with Crippen molar-refractivity contribution in [3.63, 3.8) is 0 Å². The van der Waals surface area contributed by atoms with Crippen LogP contribution >= 0.6 is 0 Å². The highest BCUT2D eigenvalue weighted by atomic mass is 16.7. The monoisotopic (exact) mass is 285 g/mol. The maximum atomic E-state index is 11.6. The zero-order chi connectivity index (χ0) is 15.2. The van der Waals surface area contributed by atoms with Gasteiger partial charge in [0.25, 0.3) is 0 Å². The van der Waals surface area contributed by atoms with Crippen molar-refractivity contribution >= 4 is 5.91 Å². The van der Waals surface area contributed by atoms with E-state index >= 15 is 0 Å². The zero-order valence-electron chi connectivity index (χ0n) is 13.3. The van der Waals surface area contributed by atoms with Gasteiger partial charge in [-0.1, -0.05) is 46.6 Å². The molecule has 0 aromatic carbocycles. The summed E-state index contributed by atoms with van der Waals surface area (Å²) in [6.07, 6.45) is 7.02. The van der Waals surface area contributed by atoms with Crippen LogP contribution in [0.2, 0.25) is 0 Å². The summed E-state index contributed by atoms with van der Waals surface area (Å²) in [7, 11) is 0. The van der Waals surface area contributed by atoms with E-state index in [0.717, 1.165) is 38.5 Å². The molecule has 0 aliphatic heterocycles. The minimum absolute atomic E-state index is 0.106. The highest BCUT2D eigenvalue weighted by molar-refractivity contribution is 5.87. The number of ether oxygens (including phenoxy) is 2. The lowest BCUT2D eigenvalue weighted by Crippen LogP contribution is -2.45. The predicted octanol–water partition coefficient (Wildman–Crippen LogP) is 3.42. The molecule has 0 bridgehead atoms. The van der Waals surface area contributed by atoms with Gasteiger partial charge in [-0.2, -0.15) is 0 Å². The van der Waals surface area contributed by atoms with E-state index in [1.165, 1.54) is 6.08 Å². The topological polar surface area (TPSA) is 47.6 Å². The molecule has 0 fully saturated rings. The van der Waals surface area contributed by atoms with E-state index in [0.29, 0.717) is 13.2 Å².